The number of Topliss-reactive ketones (excluding diaryl/α,β-unsaturated/α-hetero) is 2. The molecule has 0 saturated carbocycles. The van der Waals surface area contributed by atoms with Crippen molar-refractivity contribution in [3.63, 3.8) is 0 Å². The molecule has 1 N–H and O–H groups in total. The highest BCUT2D eigenvalue weighted by Crippen LogP contribution is 2.40. The first-order valence-corrected chi connectivity index (χ1v) is 16.6. The maximum atomic E-state index is 14.2. The van der Waals surface area contributed by atoms with E-state index in [0.717, 1.165) is 5.71 Å². The van der Waals surface area contributed by atoms with Crippen LogP contribution in [-0.4, -0.2) is 129 Å². The van der Waals surface area contributed by atoms with Crippen LogP contribution in [0.2, 0.25) is 0 Å². The zero-order valence-corrected chi connectivity index (χ0v) is 29.9. The number of rotatable bonds is 5. The molecular weight excluding hydrogens is 608 g/mol. The molecule has 3 rings (SSSR count). The lowest BCUT2D eigenvalue weighted by Crippen LogP contribution is -2.60. The van der Waals surface area contributed by atoms with Crippen molar-refractivity contribution in [3.8, 4) is 0 Å². The second-order valence-electron chi connectivity index (χ2n) is 14.2. The third kappa shape index (κ3) is 8.87. The molecule has 12 nitrogen and oxygen atoms in total. The predicted molar refractivity (Wildman–Crippen MR) is 178 cm³/mol. The van der Waals surface area contributed by atoms with Crippen LogP contribution in [0.4, 0.5) is 0 Å². The van der Waals surface area contributed by atoms with Gasteiger partial charge in [0.1, 0.15) is 36.9 Å². The minimum Gasteiger partial charge on any atom is -0.459 e. The average molecular weight is 671 g/mol. The van der Waals surface area contributed by atoms with Crippen molar-refractivity contribution >= 4 is 23.2 Å². The van der Waals surface area contributed by atoms with E-state index in [1.807, 2.05) is 41.8 Å². The lowest BCUT2D eigenvalue weighted by atomic mass is 9.73. The van der Waals surface area contributed by atoms with E-state index >= 15 is 0 Å². The molecule has 0 spiro atoms. The Kier molecular flexibility index (Phi) is 14.7. The Morgan fingerprint density at radius 1 is 1.04 bits per heavy atom. The van der Waals surface area contributed by atoms with Gasteiger partial charge < -0.3 is 38.4 Å². The number of nitrogens with zero attached hydrogens (tertiary/aromatic N) is 2. The van der Waals surface area contributed by atoms with Crippen LogP contribution >= 0.6 is 0 Å². The molecule has 0 aliphatic carbocycles. The number of ether oxygens (including phenoxy) is 6. The Hall–Kier alpha value is -1.80. The largest absolute Gasteiger partial charge is 0.459 e. The number of fused-ring (bicyclic) bond motifs is 5. The maximum Gasteiger partial charge on any atom is 0.316 e. The van der Waals surface area contributed by atoms with E-state index in [9.17, 15) is 19.5 Å². The van der Waals surface area contributed by atoms with E-state index in [0.29, 0.717) is 12.8 Å². The fourth-order valence-corrected chi connectivity index (χ4v) is 7.82. The van der Waals surface area contributed by atoms with Crippen molar-refractivity contribution in [2.24, 2.45) is 28.7 Å². The van der Waals surface area contributed by atoms with Gasteiger partial charge in [0.25, 0.3) is 0 Å². The molecule has 0 radical (unpaired) electrons. The van der Waals surface area contributed by atoms with Crippen molar-refractivity contribution in [1.29, 1.82) is 0 Å². The van der Waals surface area contributed by atoms with Crippen molar-refractivity contribution in [3.05, 3.63) is 0 Å². The first-order valence-electron chi connectivity index (χ1n) is 16.6. The SMILES string of the molecule is C.CC[C@H]1OC(=O)[C@H](C)C(=O)[C@H](C)[C@@H](O[C@@H]2O[C@H](C)C[C@H](N(C)C)[C@H]2OC)[C@@]2(C)C[C@@H](C)C(=NC)[C@H](C)[C@@H](OCC(=O)CO2)[C@]1(C)O. The maximum absolute atomic E-state index is 14.2. The molecule has 3 heterocycles. The summed E-state index contributed by atoms with van der Waals surface area (Å²) in [6.45, 7) is 13.6. The molecular formula is C35H62N2O10. The molecule has 0 amide bonds. The van der Waals surface area contributed by atoms with Crippen LogP contribution < -0.4 is 0 Å². The molecule has 47 heavy (non-hydrogen) atoms. The average Bonchev–Trinajstić information content (AvgIpc) is 3.00. The van der Waals surface area contributed by atoms with Gasteiger partial charge in [0.05, 0.1) is 23.9 Å². The lowest BCUT2D eigenvalue weighted by molar-refractivity contribution is -0.300. The van der Waals surface area contributed by atoms with Gasteiger partial charge in [0.15, 0.2) is 17.9 Å². The third-order valence-electron chi connectivity index (χ3n) is 10.3. The number of methoxy groups -OCH3 is 1. The Bertz CT molecular complexity index is 1110. The zero-order valence-electron chi connectivity index (χ0n) is 29.9. The molecule has 0 aromatic heterocycles. The number of hydrogen-bond acceptors (Lipinski definition) is 12. The van der Waals surface area contributed by atoms with Gasteiger partial charge in [-0.15, -0.1) is 0 Å². The molecule has 0 unspecified atom stereocenters. The van der Waals surface area contributed by atoms with E-state index in [1.165, 1.54) is 6.92 Å². The number of aliphatic hydroxyl groups is 1. The number of carbonyl (C=O) groups excluding carboxylic acids is 3. The van der Waals surface area contributed by atoms with E-state index in [4.69, 9.17) is 28.4 Å². The van der Waals surface area contributed by atoms with Crippen LogP contribution in [0.5, 0.6) is 0 Å². The number of hydrogen-bond donors (Lipinski definition) is 1. The molecule has 3 aliphatic heterocycles. The fourth-order valence-electron chi connectivity index (χ4n) is 7.82. The van der Waals surface area contributed by atoms with Gasteiger partial charge in [-0.3, -0.25) is 19.4 Å². The standard InChI is InChI=1S/C34H58N2O10.CH4/c1-13-25-34(8,40)30-20(4)26(35-9)18(2)15-33(7,43-17-23(37)16-42-30)29(21(5)27(38)22(6)31(39)45-25)46-32-28(41-12)24(36(10)11)14-19(3)44-32;/h18-22,24-25,28-30,32,40H,13-17H2,1-12H3;1H4/t18-,19-,20+,21+,22-,24+,25-,28-,29-,30-,32+,33-,34-;/m1./s1. The van der Waals surface area contributed by atoms with Gasteiger partial charge >= 0.3 is 5.97 Å². The topological polar surface area (TPSA) is 142 Å². The molecule has 12 heteroatoms. The highest BCUT2D eigenvalue weighted by Gasteiger charge is 2.53. The van der Waals surface area contributed by atoms with Crippen LogP contribution in [0.25, 0.3) is 0 Å². The summed E-state index contributed by atoms with van der Waals surface area (Å²) in [6, 6.07) is -0.0357. The van der Waals surface area contributed by atoms with Gasteiger partial charge in [0, 0.05) is 37.7 Å². The second kappa shape index (κ2) is 16.7. The highest BCUT2D eigenvalue weighted by molar-refractivity contribution is 6.00. The molecule has 3 aliphatic rings. The fraction of sp³-hybridized carbons (Fsp3) is 0.886. The van der Waals surface area contributed by atoms with Gasteiger partial charge in [-0.1, -0.05) is 35.1 Å². The normalized spacial score (nSPS) is 43.8. The summed E-state index contributed by atoms with van der Waals surface area (Å²) in [5.41, 5.74) is -2.23. The third-order valence-corrected chi connectivity index (χ3v) is 10.3. The molecule has 272 valence electrons. The molecule has 0 aromatic rings. The number of likely N-dealkylation sites (N-methyl/N-ethyl adjacent to an activating group) is 1. The highest BCUT2D eigenvalue weighted by atomic mass is 16.7. The van der Waals surface area contributed by atoms with Crippen molar-refractivity contribution in [1.82, 2.24) is 4.90 Å². The van der Waals surface area contributed by atoms with E-state index < -0.39 is 71.4 Å². The summed E-state index contributed by atoms with van der Waals surface area (Å²) < 4.78 is 37.6. The van der Waals surface area contributed by atoms with Crippen LogP contribution in [0, 0.1) is 23.7 Å². The van der Waals surface area contributed by atoms with Gasteiger partial charge in [0.2, 0.25) is 0 Å². The lowest BCUT2D eigenvalue weighted by Gasteiger charge is -2.48. The van der Waals surface area contributed by atoms with E-state index in [1.54, 1.807) is 34.9 Å². The van der Waals surface area contributed by atoms with Crippen molar-refractivity contribution < 1.29 is 47.9 Å². The Balaban J connectivity index is 0.00000768. The number of carbonyl (C=O) groups is 3. The molecule has 2 bridgehead atoms. The first-order chi connectivity index (χ1) is 21.4. The number of esters is 1. The Morgan fingerprint density at radius 3 is 2.23 bits per heavy atom. The monoisotopic (exact) mass is 670 g/mol. The number of aliphatic imine (C=N–C) groups is 1. The minimum absolute atomic E-state index is 0. The van der Waals surface area contributed by atoms with Gasteiger partial charge in [-0.25, -0.2) is 0 Å². The molecule has 3 fully saturated rings. The first kappa shape index (κ1) is 41.4. The smallest absolute Gasteiger partial charge is 0.316 e. The molecule has 0 aromatic carbocycles. The summed E-state index contributed by atoms with van der Waals surface area (Å²) in [5, 5.41) is 12.0. The Morgan fingerprint density at radius 2 is 1.68 bits per heavy atom. The summed E-state index contributed by atoms with van der Waals surface area (Å²) in [6.07, 6.45) is -3.23. The Labute approximate surface area is 282 Å². The number of cyclic esters (lactones) is 1. The molecule has 13 atom stereocenters. The quantitative estimate of drug-likeness (QED) is 0.339. The summed E-state index contributed by atoms with van der Waals surface area (Å²) in [5.74, 6) is -4.33. The van der Waals surface area contributed by atoms with Crippen LogP contribution in [0.3, 0.4) is 0 Å². The van der Waals surface area contributed by atoms with Crippen LogP contribution in [0.1, 0.15) is 82.1 Å². The van der Waals surface area contributed by atoms with Crippen LogP contribution in [-0.2, 0) is 42.8 Å². The second-order valence-corrected chi connectivity index (χ2v) is 14.2. The van der Waals surface area contributed by atoms with E-state index in [2.05, 4.69) is 9.89 Å². The molecule has 3 saturated heterocycles. The van der Waals surface area contributed by atoms with Crippen LogP contribution in [0.15, 0.2) is 4.99 Å². The zero-order chi connectivity index (χ0) is 34.7. The summed E-state index contributed by atoms with van der Waals surface area (Å²) in [7, 11) is 7.22. The van der Waals surface area contributed by atoms with Gasteiger partial charge in [-0.05, 0) is 67.0 Å². The van der Waals surface area contributed by atoms with Crippen molar-refractivity contribution in [2.75, 3.05) is 41.5 Å². The van der Waals surface area contributed by atoms with Crippen molar-refractivity contribution in [2.45, 2.75) is 136 Å². The summed E-state index contributed by atoms with van der Waals surface area (Å²) in [4.78, 5) is 47.8. The summed E-state index contributed by atoms with van der Waals surface area (Å²) >= 11 is 0. The minimum atomic E-state index is -1.71. The number of ketones is 2. The van der Waals surface area contributed by atoms with Gasteiger partial charge in [-0.2, -0.15) is 0 Å². The van der Waals surface area contributed by atoms with E-state index in [-0.39, 0.29) is 50.9 Å². The predicted octanol–water partition coefficient (Wildman–Crippen LogP) is 3.49.